The number of carboxylic acid groups (broad SMARTS) is 1. The van der Waals surface area contributed by atoms with Crippen LogP contribution in [0.3, 0.4) is 0 Å². The highest BCUT2D eigenvalue weighted by Gasteiger charge is 2.11. The fraction of sp³-hybridized carbons (Fsp3) is 0.0909. The molecular weight excluding hydrogens is 199 g/mol. The van der Waals surface area contributed by atoms with Gasteiger partial charge in [0.15, 0.2) is 5.82 Å². The van der Waals surface area contributed by atoms with E-state index in [0.29, 0.717) is 6.29 Å². The second-order valence-corrected chi connectivity index (χ2v) is 2.64. The van der Waals surface area contributed by atoms with Gasteiger partial charge in [-0.15, -0.1) is 0 Å². The van der Waals surface area contributed by atoms with Gasteiger partial charge in [0.25, 0.3) is 0 Å². The van der Waals surface area contributed by atoms with E-state index in [9.17, 15) is 14.0 Å². The van der Waals surface area contributed by atoms with E-state index in [0.717, 1.165) is 6.07 Å². The molecule has 0 atom stereocenters. The van der Waals surface area contributed by atoms with Crippen LogP contribution in [0.15, 0.2) is 18.2 Å². The molecule has 0 aliphatic carbocycles. The molecule has 1 aromatic rings. The van der Waals surface area contributed by atoms with Crippen LogP contribution < -0.4 is 0 Å². The van der Waals surface area contributed by atoms with E-state index < -0.39 is 17.3 Å². The summed E-state index contributed by atoms with van der Waals surface area (Å²) >= 11 is 0. The summed E-state index contributed by atoms with van der Waals surface area (Å²) < 4.78 is 13.4. The summed E-state index contributed by atoms with van der Waals surface area (Å²) in [5.74, 6) is 2.58. The fourth-order valence-electron chi connectivity index (χ4n) is 0.982. The maximum Gasteiger partial charge on any atom is 0.338 e. The van der Waals surface area contributed by atoms with Crippen LogP contribution in [0.2, 0.25) is 0 Å². The van der Waals surface area contributed by atoms with Gasteiger partial charge in [-0.2, -0.15) is 0 Å². The zero-order valence-electron chi connectivity index (χ0n) is 7.66. The predicted octanol–water partition coefficient (Wildman–Crippen LogP) is 1.46. The van der Waals surface area contributed by atoms with Gasteiger partial charge < -0.3 is 9.90 Å². The van der Waals surface area contributed by atoms with E-state index in [1.165, 1.54) is 12.1 Å². The summed E-state index contributed by atoms with van der Waals surface area (Å²) in [6.45, 7) is 0. The highest BCUT2D eigenvalue weighted by molar-refractivity contribution is 5.88. The van der Waals surface area contributed by atoms with E-state index in [2.05, 4.69) is 11.8 Å². The second-order valence-electron chi connectivity index (χ2n) is 2.64. The second kappa shape index (κ2) is 4.91. The molecule has 0 aliphatic heterocycles. The maximum absolute atomic E-state index is 13.4. The molecule has 1 N–H and O–H groups in total. The van der Waals surface area contributed by atoms with Crippen molar-refractivity contribution in [2.24, 2.45) is 0 Å². The zero-order valence-corrected chi connectivity index (χ0v) is 7.66. The van der Waals surface area contributed by atoms with Gasteiger partial charge in [-0.05, 0) is 12.1 Å². The van der Waals surface area contributed by atoms with Crippen LogP contribution in [0.25, 0.3) is 0 Å². The third kappa shape index (κ3) is 2.64. The van der Waals surface area contributed by atoms with Gasteiger partial charge in [-0.25, -0.2) is 9.18 Å². The highest BCUT2D eigenvalue weighted by Crippen LogP contribution is 2.11. The molecule has 0 bridgehead atoms. The molecule has 0 aromatic heterocycles. The first kappa shape index (κ1) is 10.9. The monoisotopic (exact) mass is 206 g/mol. The summed E-state index contributed by atoms with van der Waals surface area (Å²) in [7, 11) is 0. The van der Waals surface area contributed by atoms with Crippen molar-refractivity contribution in [3.63, 3.8) is 0 Å². The number of halogens is 1. The Kier molecular flexibility index (Phi) is 3.58. The van der Waals surface area contributed by atoms with Crippen molar-refractivity contribution >= 4 is 12.3 Å². The molecule has 0 aliphatic rings. The van der Waals surface area contributed by atoms with E-state index in [1.807, 2.05) is 0 Å². The smallest absolute Gasteiger partial charge is 0.338 e. The van der Waals surface area contributed by atoms with Crippen molar-refractivity contribution in [2.75, 3.05) is 0 Å². The molecule has 0 unspecified atom stereocenters. The van der Waals surface area contributed by atoms with Crippen molar-refractivity contribution in [1.29, 1.82) is 0 Å². The lowest BCUT2D eigenvalue weighted by molar-refractivity contribution is -0.107. The fourth-order valence-corrected chi connectivity index (χ4v) is 0.982. The van der Waals surface area contributed by atoms with E-state index in [1.54, 1.807) is 0 Å². The van der Waals surface area contributed by atoms with Crippen molar-refractivity contribution in [3.05, 3.63) is 35.1 Å². The highest BCUT2D eigenvalue weighted by atomic mass is 19.1. The molecule has 15 heavy (non-hydrogen) atoms. The number of benzene rings is 1. The Bertz CT molecular complexity index is 455. The molecular formula is C11H7FO3. The molecule has 0 heterocycles. The van der Waals surface area contributed by atoms with Crippen LogP contribution >= 0.6 is 0 Å². The lowest BCUT2D eigenvalue weighted by Crippen LogP contribution is -2.01. The number of hydrogen-bond donors (Lipinski definition) is 1. The van der Waals surface area contributed by atoms with Crippen LogP contribution in [0.5, 0.6) is 0 Å². The Morgan fingerprint density at radius 2 is 2.27 bits per heavy atom. The average molecular weight is 206 g/mol. The molecule has 1 aromatic carbocycles. The lowest BCUT2D eigenvalue weighted by Gasteiger charge is -1.98. The quantitative estimate of drug-likeness (QED) is 0.588. The van der Waals surface area contributed by atoms with Crippen LogP contribution in [-0.4, -0.2) is 17.4 Å². The first-order chi connectivity index (χ1) is 7.16. The van der Waals surface area contributed by atoms with E-state index in [-0.39, 0.29) is 12.0 Å². The van der Waals surface area contributed by atoms with Gasteiger partial charge in [-0.3, -0.25) is 0 Å². The first-order valence-corrected chi connectivity index (χ1v) is 4.11. The number of carbonyl (C=O) groups excluding carboxylic acids is 1. The van der Waals surface area contributed by atoms with E-state index in [4.69, 9.17) is 5.11 Å². The average Bonchev–Trinajstić information content (AvgIpc) is 2.20. The molecule has 0 saturated heterocycles. The summed E-state index contributed by atoms with van der Waals surface area (Å²) in [6.07, 6.45) is 0.586. The van der Waals surface area contributed by atoms with Gasteiger partial charge >= 0.3 is 5.97 Å². The van der Waals surface area contributed by atoms with Crippen molar-refractivity contribution in [1.82, 2.24) is 0 Å². The predicted molar refractivity (Wildman–Crippen MR) is 50.9 cm³/mol. The molecule has 3 nitrogen and oxygen atoms in total. The first-order valence-electron chi connectivity index (χ1n) is 4.11. The SMILES string of the molecule is O=CCC#Cc1cccc(C(=O)O)c1F. The maximum atomic E-state index is 13.4. The van der Waals surface area contributed by atoms with Crippen LogP contribution in [0.4, 0.5) is 4.39 Å². The topological polar surface area (TPSA) is 54.4 Å². The van der Waals surface area contributed by atoms with Crippen molar-refractivity contribution in [2.45, 2.75) is 6.42 Å². The van der Waals surface area contributed by atoms with Gasteiger partial charge in [0.2, 0.25) is 0 Å². The van der Waals surface area contributed by atoms with Crippen LogP contribution in [-0.2, 0) is 4.79 Å². The molecule has 0 spiro atoms. The lowest BCUT2D eigenvalue weighted by atomic mass is 10.1. The third-order valence-electron chi connectivity index (χ3n) is 1.64. The number of aldehydes is 1. The zero-order chi connectivity index (χ0) is 11.3. The van der Waals surface area contributed by atoms with Gasteiger partial charge in [0.05, 0.1) is 17.5 Å². The normalized spacial score (nSPS) is 8.87. The number of rotatable bonds is 2. The summed E-state index contributed by atoms with van der Waals surface area (Å²) in [5, 5.41) is 8.62. The number of hydrogen-bond acceptors (Lipinski definition) is 2. The molecule has 0 saturated carbocycles. The van der Waals surface area contributed by atoms with Crippen molar-refractivity contribution in [3.8, 4) is 11.8 Å². The van der Waals surface area contributed by atoms with Crippen LogP contribution in [0.1, 0.15) is 22.3 Å². The third-order valence-corrected chi connectivity index (χ3v) is 1.64. The molecule has 4 heteroatoms. The minimum Gasteiger partial charge on any atom is -0.478 e. The minimum absolute atomic E-state index is 0.00324. The van der Waals surface area contributed by atoms with Crippen LogP contribution in [0, 0.1) is 17.7 Å². The van der Waals surface area contributed by atoms with Crippen molar-refractivity contribution < 1.29 is 19.1 Å². The van der Waals surface area contributed by atoms with E-state index >= 15 is 0 Å². The summed E-state index contributed by atoms with van der Waals surface area (Å²) in [4.78, 5) is 20.5. The molecule has 0 radical (unpaired) electrons. The Morgan fingerprint density at radius 3 is 2.87 bits per heavy atom. The Balaban J connectivity index is 3.11. The Labute approximate surface area is 85.5 Å². The molecule has 0 fully saturated rings. The summed E-state index contributed by atoms with van der Waals surface area (Å²) in [5.41, 5.74) is -0.440. The van der Waals surface area contributed by atoms with Gasteiger partial charge in [-0.1, -0.05) is 17.9 Å². The number of carbonyl (C=O) groups is 2. The van der Waals surface area contributed by atoms with Gasteiger partial charge in [0.1, 0.15) is 6.29 Å². The number of carboxylic acids is 1. The molecule has 1 rings (SSSR count). The molecule has 76 valence electrons. The molecule has 0 amide bonds. The largest absolute Gasteiger partial charge is 0.478 e. The number of aromatic carboxylic acids is 1. The standard InChI is InChI=1S/C11H7FO3/c12-10-8(4-1-2-7-13)5-3-6-9(10)11(14)15/h3,5-7H,2H2,(H,14,15). The Morgan fingerprint density at radius 1 is 1.53 bits per heavy atom. The minimum atomic E-state index is -1.34. The Hall–Kier alpha value is -2.15. The van der Waals surface area contributed by atoms with Gasteiger partial charge in [0, 0.05) is 0 Å². The summed E-state index contributed by atoms with van der Waals surface area (Å²) in [6, 6.07) is 3.92.